The molecule has 6 nitrogen and oxygen atoms in total. The largest absolute Gasteiger partial charge is 0.383 e. The molecular weight excluding hydrogens is 340 g/mol. The summed E-state index contributed by atoms with van der Waals surface area (Å²) in [5, 5.41) is 4.31. The van der Waals surface area contributed by atoms with Crippen LogP contribution in [0.4, 0.5) is 0 Å². The number of hydrogen-bond donors (Lipinski definition) is 0. The summed E-state index contributed by atoms with van der Waals surface area (Å²) in [6.07, 6.45) is 9.46. The van der Waals surface area contributed by atoms with E-state index in [1.807, 2.05) is 17.9 Å². The summed E-state index contributed by atoms with van der Waals surface area (Å²) in [6.45, 7) is 9.61. The fraction of sp³-hybridized carbons (Fsp3) is 0.857. The zero-order chi connectivity index (χ0) is 18.7. The molecule has 1 unspecified atom stereocenters. The van der Waals surface area contributed by atoms with Gasteiger partial charge in [0.2, 0.25) is 0 Å². The Bertz CT molecular complexity index is 593. The molecule has 0 aromatic carbocycles. The fourth-order valence-corrected chi connectivity index (χ4v) is 4.96. The molecule has 1 spiro atoms. The van der Waals surface area contributed by atoms with Gasteiger partial charge in [0.15, 0.2) is 0 Å². The molecule has 4 rings (SSSR count). The minimum atomic E-state index is 0.433. The lowest BCUT2D eigenvalue weighted by Crippen LogP contribution is -2.45. The van der Waals surface area contributed by atoms with Crippen LogP contribution in [0.2, 0.25) is 0 Å². The van der Waals surface area contributed by atoms with Gasteiger partial charge in [-0.15, -0.1) is 0 Å². The summed E-state index contributed by atoms with van der Waals surface area (Å²) >= 11 is 0. The van der Waals surface area contributed by atoms with Crippen molar-refractivity contribution in [3.8, 4) is 0 Å². The first-order valence-electron chi connectivity index (χ1n) is 10.7. The van der Waals surface area contributed by atoms with Crippen molar-refractivity contribution < 1.29 is 9.47 Å². The highest BCUT2D eigenvalue weighted by Gasteiger charge is 2.47. The Labute approximate surface area is 163 Å². The van der Waals surface area contributed by atoms with Crippen molar-refractivity contribution in [2.45, 2.75) is 32.2 Å². The van der Waals surface area contributed by atoms with Gasteiger partial charge in [-0.3, -0.25) is 9.58 Å². The average molecular weight is 377 g/mol. The lowest BCUT2D eigenvalue weighted by atomic mass is 9.71. The predicted octanol–water partition coefficient (Wildman–Crippen LogP) is 2.01. The van der Waals surface area contributed by atoms with Gasteiger partial charge in [0.1, 0.15) is 0 Å². The molecule has 0 radical (unpaired) electrons. The molecule has 2 aliphatic heterocycles. The van der Waals surface area contributed by atoms with Crippen molar-refractivity contribution in [3.05, 3.63) is 18.0 Å². The molecule has 152 valence electrons. The Morgan fingerprint density at radius 2 is 2.00 bits per heavy atom. The van der Waals surface area contributed by atoms with E-state index in [0.717, 1.165) is 38.8 Å². The molecular formula is C21H36N4O2. The topological polar surface area (TPSA) is 42.8 Å². The maximum atomic E-state index is 6.16. The van der Waals surface area contributed by atoms with Crippen molar-refractivity contribution in [1.29, 1.82) is 0 Å². The second-order valence-corrected chi connectivity index (χ2v) is 9.07. The molecule has 3 fully saturated rings. The second-order valence-electron chi connectivity index (χ2n) is 9.07. The monoisotopic (exact) mass is 376 g/mol. The Hall–Kier alpha value is -0.950. The van der Waals surface area contributed by atoms with Crippen LogP contribution < -0.4 is 0 Å². The number of ether oxygens (including phenoxy) is 2. The molecule has 27 heavy (non-hydrogen) atoms. The number of likely N-dealkylation sites (tertiary alicyclic amines) is 2. The van der Waals surface area contributed by atoms with Crippen LogP contribution >= 0.6 is 0 Å². The number of nitrogens with zero attached hydrogens (tertiary/aromatic N) is 4. The van der Waals surface area contributed by atoms with Gasteiger partial charge in [0, 0.05) is 64.6 Å². The Morgan fingerprint density at radius 3 is 2.67 bits per heavy atom. The quantitative estimate of drug-likeness (QED) is 0.660. The van der Waals surface area contributed by atoms with Crippen LogP contribution in [0.3, 0.4) is 0 Å². The van der Waals surface area contributed by atoms with E-state index in [4.69, 9.17) is 9.47 Å². The van der Waals surface area contributed by atoms with Crippen LogP contribution in [0.15, 0.2) is 12.4 Å². The summed E-state index contributed by atoms with van der Waals surface area (Å²) in [4.78, 5) is 5.22. The molecule has 0 bridgehead atoms. The number of methoxy groups -OCH3 is 1. The minimum absolute atomic E-state index is 0.433. The fourth-order valence-electron chi connectivity index (χ4n) is 4.96. The number of rotatable bonds is 9. The zero-order valence-electron chi connectivity index (χ0n) is 17.1. The molecule has 1 atom stereocenters. The van der Waals surface area contributed by atoms with Crippen LogP contribution in [0.5, 0.6) is 0 Å². The van der Waals surface area contributed by atoms with E-state index < -0.39 is 0 Å². The van der Waals surface area contributed by atoms with Crippen molar-refractivity contribution in [3.63, 3.8) is 0 Å². The van der Waals surface area contributed by atoms with Crippen LogP contribution in [-0.2, 0) is 23.1 Å². The zero-order valence-corrected chi connectivity index (χ0v) is 17.1. The van der Waals surface area contributed by atoms with Crippen molar-refractivity contribution in [2.75, 3.05) is 59.7 Å². The minimum Gasteiger partial charge on any atom is -0.383 e. The molecule has 1 aromatic rings. The normalized spacial score (nSPS) is 26.2. The van der Waals surface area contributed by atoms with Gasteiger partial charge < -0.3 is 14.4 Å². The highest BCUT2D eigenvalue weighted by atomic mass is 16.5. The molecule has 3 heterocycles. The van der Waals surface area contributed by atoms with Gasteiger partial charge in [-0.25, -0.2) is 0 Å². The number of aromatic nitrogens is 2. The van der Waals surface area contributed by atoms with Crippen LogP contribution in [0.1, 0.15) is 31.2 Å². The first-order valence-corrected chi connectivity index (χ1v) is 10.7. The first kappa shape index (κ1) is 19.4. The van der Waals surface area contributed by atoms with Crippen molar-refractivity contribution in [2.24, 2.45) is 24.3 Å². The molecule has 1 saturated carbocycles. The van der Waals surface area contributed by atoms with Crippen LogP contribution in [-0.4, -0.2) is 79.2 Å². The van der Waals surface area contributed by atoms with Crippen molar-refractivity contribution >= 4 is 0 Å². The highest BCUT2D eigenvalue weighted by molar-refractivity contribution is 5.05. The predicted molar refractivity (Wildman–Crippen MR) is 106 cm³/mol. The van der Waals surface area contributed by atoms with Gasteiger partial charge in [0.25, 0.3) is 0 Å². The van der Waals surface area contributed by atoms with Gasteiger partial charge in [0.05, 0.1) is 19.4 Å². The van der Waals surface area contributed by atoms with Crippen LogP contribution in [0.25, 0.3) is 0 Å². The molecule has 3 aliphatic rings. The standard InChI is InChI=1S/C21H36N4O2/c1-23-12-19(11-22-23)13-24-7-5-21(6-8-24)17-25(9-10-26-2)14-20(21)16-27-15-18-3-4-18/h11-12,18,20H,3-10,13-17H2,1-2H3. The summed E-state index contributed by atoms with van der Waals surface area (Å²) in [7, 11) is 3.80. The molecule has 1 aliphatic carbocycles. The maximum Gasteiger partial charge on any atom is 0.0589 e. The molecule has 2 saturated heterocycles. The smallest absolute Gasteiger partial charge is 0.0589 e. The second kappa shape index (κ2) is 8.60. The highest BCUT2D eigenvalue weighted by Crippen LogP contribution is 2.45. The lowest BCUT2D eigenvalue weighted by Gasteiger charge is -2.42. The van der Waals surface area contributed by atoms with E-state index in [0.29, 0.717) is 11.3 Å². The molecule has 6 heteroatoms. The first-order chi connectivity index (χ1) is 13.2. The number of piperidine rings is 1. The van der Waals surface area contributed by atoms with Gasteiger partial charge in [-0.1, -0.05) is 0 Å². The molecule has 0 N–H and O–H groups in total. The third kappa shape index (κ3) is 4.91. The summed E-state index contributed by atoms with van der Waals surface area (Å²) in [5.41, 5.74) is 1.76. The Balaban J connectivity index is 1.32. The van der Waals surface area contributed by atoms with E-state index in [-0.39, 0.29) is 0 Å². The third-order valence-electron chi connectivity index (χ3n) is 6.88. The van der Waals surface area contributed by atoms with Crippen molar-refractivity contribution in [1.82, 2.24) is 19.6 Å². The van der Waals surface area contributed by atoms with Gasteiger partial charge in [-0.05, 0) is 50.1 Å². The summed E-state index contributed by atoms with van der Waals surface area (Å²) in [6, 6.07) is 0. The lowest BCUT2D eigenvalue weighted by molar-refractivity contribution is 0.0166. The number of hydrogen-bond acceptors (Lipinski definition) is 5. The summed E-state index contributed by atoms with van der Waals surface area (Å²) < 4.78 is 13.4. The van der Waals surface area contributed by atoms with Gasteiger partial charge in [-0.2, -0.15) is 5.10 Å². The average Bonchev–Trinajstić information content (AvgIpc) is 3.31. The summed E-state index contributed by atoms with van der Waals surface area (Å²) in [5.74, 6) is 1.53. The molecule has 0 amide bonds. The Morgan fingerprint density at radius 1 is 1.19 bits per heavy atom. The number of aryl methyl sites for hydroxylation is 1. The van der Waals surface area contributed by atoms with E-state index >= 15 is 0 Å². The van der Waals surface area contributed by atoms with E-state index in [9.17, 15) is 0 Å². The van der Waals surface area contributed by atoms with E-state index in [1.54, 1.807) is 7.11 Å². The van der Waals surface area contributed by atoms with E-state index in [2.05, 4.69) is 21.1 Å². The van der Waals surface area contributed by atoms with E-state index in [1.165, 1.54) is 57.4 Å². The Kier molecular flexibility index (Phi) is 6.17. The van der Waals surface area contributed by atoms with Gasteiger partial charge >= 0.3 is 0 Å². The van der Waals surface area contributed by atoms with Crippen LogP contribution in [0, 0.1) is 17.3 Å². The maximum absolute atomic E-state index is 6.16. The molecule has 1 aromatic heterocycles. The third-order valence-corrected chi connectivity index (χ3v) is 6.88. The SMILES string of the molecule is COCCN1CC(COCC2CC2)C2(CCN(Cc3cnn(C)c3)CC2)C1.